The van der Waals surface area contributed by atoms with E-state index >= 15 is 0 Å². The van der Waals surface area contributed by atoms with Crippen molar-refractivity contribution in [1.29, 1.82) is 5.26 Å². The van der Waals surface area contributed by atoms with E-state index in [1.165, 1.54) is 17.7 Å². The number of thiophene rings is 1. The number of nitriles is 1. The van der Waals surface area contributed by atoms with Gasteiger partial charge in [-0.05, 0) is 47.5 Å². The van der Waals surface area contributed by atoms with E-state index in [1.54, 1.807) is 17.4 Å². The minimum Gasteiger partial charge on any atom is -0.357 e. The molecule has 24 heavy (non-hydrogen) atoms. The summed E-state index contributed by atoms with van der Waals surface area (Å²) >= 11 is 1.66. The lowest BCUT2D eigenvalue weighted by molar-refractivity contribution is 0.477. The molecule has 7 heteroatoms. The maximum atomic E-state index is 13.8. The molecule has 1 aromatic carbocycles. The highest BCUT2D eigenvalue weighted by Gasteiger charge is 2.08. The van der Waals surface area contributed by atoms with E-state index in [1.807, 2.05) is 30.3 Å². The number of guanidine groups is 1. The summed E-state index contributed by atoms with van der Waals surface area (Å²) in [7, 11) is 1.95. The van der Waals surface area contributed by atoms with Gasteiger partial charge in [-0.1, -0.05) is 0 Å². The molecule has 0 atom stereocenters. The Hall–Kier alpha value is -1.66. The van der Waals surface area contributed by atoms with Crippen LogP contribution in [0.15, 0.2) is 40.0 Å². The lowest BCUT2D eigenvalue weighted by atomic mass is 10.1. The number of hydrogen-bond acceptors (Lipinski definition) is 3. The van der Waals surface area contributed by atoms with E-state index in [0.717, 1.165) is 13.1 Å². The summed E-state index contributed by atoms with van der Waals surface area (Å²) < 4.78 is 13.8. The lowest BCUT2D eigenvalue weighted by Crippen LogP contribution is -2.38. The Morgan fingerprint density at radius 3 is 2.83 bits per heavy atom. The van der Waals surface area contributed by atoms with Crippen molar-refractivity contribution in [3.8, 4) is 6.07 Å². The van der Waals surface area contributed by atoms with Crippen molar-refractivity contribution in [2.24, 2.45) is 4.99 Å². The molecular weight excluding hydrogens is 438 g/mol. The van der Waals surface area contributed by atoms with Crippen LogP contribution in [0.2, 0.25) is 0 Å². The third-order valence-electron chi connectivity index (χ3n) is 3.27. The van der Waals surface area contributed by atoms with Crippen LogP contribution in [0, 0.1) is 17.1 Å². The van der Waals surface area contributed by atoms with Crippen molar-refractivity contribution >= 4 is 41.3 Å². The van der Waals surface area contributed by atoms with E-state index in [-0.39, 0.29) is 36.3 Å². The fourth-order valence-corrected chi connectivity index (χ4v) is 2.79. The van der Waals surface area contributed by atoms with Gasteiger partial charge in [0.05, 0.1) is 18.2 Å². The minimum absolute atomic E-state index is 0. The highest BCUT2D eigenvalue weighted by molar-refractivity contribution is 14.0. The highest BCUT2D eigenvalue weighted by atomic mass is 127. The molecule has 0 aliphatic rings. The van der Waals surface area contributed by atoms with Crippen LogP contribution in [-0.4, -0.2) is 24.5 Å². The number of rotatable bonds is 5. The summed E-state index contributed by atoms with van der Waals surface area (Å²) in [6.07, 6.45) is 0. The molecule has 128 valence electrons. The van der Waals surface area contributed by atoms with Crippen molar-refractivity contribution < 1.29 is 4.39 Å². The molecule has 2 aromatic rings. The predicted octanol–water partition coefficient (Wildman–Crippen LogP) is 3.97. The Morgan fingerprint density at radius 2 is 2.21 bits per heavy atom. The van der Waals surface area contributed by atoms with Crippen LogP contribution >= 0.6 is 35.3 Å². The van der Waals surface area contributed by atoms with Crippen LogP contribution in [0.3, 0.4) is 0 Å². The molecule has 0 bridgehead atoms. The van der Waals surface area contributed by atoms with E-state index in [2.05, 4.69) is 21.8 Å². The van der Waals surface area contributed by atoms with Crippen molar-refractivity contribution in [1.82, 2.24) is 10.2 Å². The molecule has 0 aliphatic heterocycles. The fraction of sp³-hybridized carbons (Fsp3) is 0.294. The monoisotopic (exact) mass is 458 g/mol. The second-order valence-electron chi connectivity index (χ2n) is 5.08. The zero-order valence-electron chi connectivity index (χ0n) is 13.6. The average Bonchev–Trinajstić information content (AvgIpc) is 3.05. The van der Waals surface area contributed by atoms with Gasteiger partial charge < -0.3 is 10.2 Å². The van der Waals surface area contributed by atoms with Crippen LogP contribution < -0.4 is 5.32 Å². The fourth-order valence-electron chi connectivity index (χ4n) is 2.13. The average molecular weight is 458 g/mol. The van der Waals surface area contributed by atoms with Gasteiger partial charge in [0.2, 0.25) is 0 Å². The first-order valence-corrected chi connectivity index (χ1v) is 8.27. The summed E-state index contributed by atoms with van der Waals surface area (Å²) in [5, 5.41) is 16.3. The molecule has 0 aliphatic carbocycles. The second-order valence-corrected chi connectivity index (χ2v) is 5.86. The molecule has 0 fully saturated rings. The molecule has 0 spiro atoms. The van der Waals surface area contributed by atoms with Crippen LogP contribution in [0.1, 0.15) is 23.6 Å². The molecule has 1 heterocycles. The van der Waals surface area contributed by atoms with Crippen LogP contribution in [0.4, 0.5) is 4.39 Å². The smallest absolute Gasteiger partial charge is 0.194 e. The number of nitrogens with zero attached hydrogens (tertiary/aromatic N) is 3. The Morgan fingerprint density at radius 1 is 1.42 bits per heavy atom. The van der Waals surface area contributed by atoms with Gasteiger partial charge in [0, 0.05) is 25.7 Å². The molecule has 4 nitrogen and oxygen atoms in total. The van der Waals surface area contributed by atoms with Crippen molar-refractivity contribution in [2.75, 3.05) is 13.6 Å². The maximum Gasteiger partial charge on any atom is 0.194 e. The number of nitrogens with one attached hydrogen (secondary N) is 1. The first kappa shape index (κ1) is 20.4. The van der Waals surface area contributed by atoms with Gasteiger partial charge in [-0.15, -0.1) is 24.0 Å². The minimum atomic E-state index is -0.343. The van der Waals surface area contributed by atoms with Crippen LogP contribution in [0.5, 0.6) is 0 Å². The normalized spacial score (nSPS) is 10.7. The zero-order chi connectivity index (χ0) is 16.7. The summed E-state index contributed by atoms with van der Waals surface area (Å²) in [6, 6.07) is 8.41. The van der Waals surface area contributed by atoms with Crippen molar-refractivity contribution in [3.63, 3.8) is 0 Å². The first-order valence-electron chi connectivity index (χ1n) is 7.33. The van der Waals surface area contributed by atoms with E-state index in [4.69, 9.17) is 5.26 Å². The first-order chi connectivity index (χ1) is 11.1. The summed E-state index contributed by atoms with van der Waals surface area (Å²) in [6.45, 7) is 3.64. The lowest BCUT2D eigenvalue weighted by Gasteiger charge is -2.21. The molecule has 2 rings (SSSR count). The zero-order valence-corrected chi connectivity index (χ0v) is 16.8. The topological polar surface area (TPSA) is 51.4 Å². The van der Waals surface area contributed by atoms with E-state index in [9.17, 15) is 4.39 Å². The van der Waals surface area contributed by atoms with Gasteiger partial charge in [0.15, 0.2) is 5.96 Å². The highest BCUT2D eigenvalue weighted by Crippen LogP contribution is 2.12. The van der Waals surface area contributed by atoms with Gasteiger partial charge in [0.25, 0.3) is 0 Å². The Bertz CT molecular complexity index is 710. The van der Waals surface area contributed by atoms with Gasteiger partial charge >= 0.3 is 0 Å². The number of aliphatic imine (C=N–C) groups is 1. The largest absolute Gasteiger partial charge is 0.357 e. The van der Waals surface area contributed by atoms with Gasteiger partial charge in [-0.2, -0.15) is 16.6 Å². The predicted molar refractivity (Wildman–Crippen MR) is 107 cm³/mol. The Labute approximate surface area is 163 Å². The molecule has 0 saturated heterocycles. The number of hydrogen-bond donors (Lipinski definition) is 1. The second kappa shape index (κ2) is 10.3. The van der Waals surface area contributed by atoms with Crippen molar-refractivity contribution in [3.05, 3.63) is 57.5 Å². The molecule has 0 saturated carbocycles. The number of halogens is 2. The van der Waals surface area contributed by atoms with Crippen LogP contribution in [0.25, 0.3) is 0 Å². The molecular formula is C17H20FIN4S. The van der Waals surface area contributed by atoms with E-state index < -0.39 is 0 Å². The summed E-state index contributed by atoms with van der Waals surface area (Å²) in [5.74, 6) is 0.365. The number of benzene rings is 1. The molecule has 1 N–H and O–H groups in total. The summed E-state index contributed by atoms with van der Waals surface area (Å²) in [5.41, 5.74) is 2.07. The van der Waals surface area contributed by atoms with Gasteiger partial charge in [-0.3, -0.25) is 0 Å². The van der Waals surface area contributed by atoms with E-state index in [0.29, 0.717) is 17.1 Å². The third kappa shape index (κ3) is 5.76. The Balaban J connectivity index is 0.00000288. The van der Waals surface area contributed by atoms with Crippen molar-refractivity contribution in [2.45, 2.75) is 20.0 Å². The van der Waals surface area contributed by atoms with Gasteiger partial charge in [-0.25, -0.2) is 9.38 Å². The molecule has 1 aromatic heterocycles. The van der Waals surface area contributed by atoms with Gasteiger partial charge in [0.1, 0.15) is 5.82 Å². The quantitative estimate of drug-likeness (QED) is 0.419. The molecule has 0 unspecified atom stereocenters. The summed E-state index contributed by atoms with van der Waals surface area (Å²) in [4.78, 5) is 6.48. The molecule has 0 radical (unpaired) electrons. The Kier molecular flexibility index (Phi) is 8.71. The molecule has 0 amide bonds. The standard InChI is InChI=1S/C17H19FN4S.HI/c1-3-20-17(22(2)11-14-6-7-23-12-14)21-10-15-8-13(9-19)4-5-16(15)18;/h4-8,12H,3,10-11H2,1-2H3,(H,20,21);1H. The van der Waals surface area contributed by atoms with Crippen LogP contribution in [-0.2, 0) is 13.1 Å². The third-order valence-corrected chi connectivity index (χ3v) is 4.00. The maximum absolute atomic E-state index is 13.8. The SMILES string of the molecule is CCNC(=NCc1cc(C#N)ccc1F)N(C)Cc1ccsc1.I.